The third-order valence-electron chi connectivity index (χ3n) is 5.48. The van der Waals surface area contributed by atoms with E-state index in [1.807, 2.05) is 0 Å². The van der Waals surface area contributed by atoms with Crippen molar-refractivity contribution >= 4 is 27.5 Å². The van der Waals surface area contributed by atoms with Crippen LogP contribution in [0.3, 0.4) is 0 Å². The van der Waals surface area contributed by atoms with Gasteiger partial charge < -0.3 is 43.4 Å². The van der Waals surface area contributed by atoms with Crippen molar-refractivity contribution in [3.63, 3.8) is 0 Å². The van der Waals surface area contributed by atoms with Gasteiger partial charge in [0.2, 0.25) is 0 Å². The van der Waals surface area contributed by atoms with Gasteiger partial charge in [-0.05, 0) is 0 Å². The van der Waals surface area contributed by atoms with Crippen LogP contribution in [-0.2, 0) is 42.7 Å². The quantitative estimate of drug-likeness (QED) is 0.220. The molecular formula is C18H28NO12P. The summed E-state index contributed by atoms with van der Waals surface area (Å²) in [5.74, 6) is -1.76. The monoisotopic (exact) mass is 481 g/mol. The number of ether oxygens (including phenoxy) is 7. The Balaban J connectivity index is 1.91. The van der Waals surface area contributed by atoms with E-state index in [1.165, 1.54) is 6.92 Å². The van der Waals surface area contributed by atoms with Gasteiger partial charge in [0, 0.05) is 19.8 Å². The molecule has 13 nitrogen and oxygen atoms in total. The Kier molecular flexibility index (Phi) is 8.26. The van der Waals surface area contributed by atoms with Crippen molar-refractivity contribution in [2.45, 2.75) is 76.0 Å². The summed E-state index contributed by atoms with van der Waals surface area (Å²) in [5, 5.41) is 22.4. The number of aliphatic hydroxyl groups is 2. The molecule has 11 unspecified atom stereocenters. The Morgan fingerprint density at radius 1 is 0.969 bits per heavy atom. The molecule has 0 saturated carbocycles. The standard InChI is InChI=1S/C18H28NO12P/c1-6-11(12(25-7(2)22)9(4-20)27-16(6)19-32)29-17-15(26-8(3)23)14-13(10(5-21)28-17)30-18(24)31-14/h6,9-17,19-21H,4-5,32H2,1-3H3. The van der Waals surface area contributed by atoms with Gasteiger partial charge in [0.1, 0.15) is 24.5 Å². The van der Waals surface area contributed by atoms with Crippen LogP contribution in [0.1, 0.15) is 20.8 Å². The SMILES string of the molecule is CC(=O)OC1C(CO)OC(NP)C(C)C1OC1OC(CO)C2OC(=O)OC2C1OC(C)=O. The summed E-state index contributed by atoms with van der Waals surface area (Å²) in [4.78, 5) is 35.2. The minimum atomic E-state index is -1.32. The van der Waals surface area contributed by atoms with E-state index < -0.39 is 92.5 Å². The van der Waals surface area contributed by atoms with E-state index in [4.69, 9.17) is 33.2 Å². The Hall–Kier alpha value is -1.60. The molecule has 182 valence electrons. The molecule has 3 saturated heterocycles. The zero-order valence-corrected chi connectivity index (χ0v) is 18.9. The van der Waals surface area contributed by atoms with Crippen LogP contribution in [0.25, 0.3) is 0 Å². The smallest absolute Gasteiger partial charge is 0.457 e. The lowest BCUT2D eigenvalue weighted by Crippen LogP contribution is -2.64. The molecular weight excluding hydrogens is 453 g/mol. The molecule has 3 aliphatic heterocycles. The van der Waals surface area contributed by atoms with E-state index in [2.05, 4.69) is 14.5 Å². The fourth-order valence-corrected chi connectivity index (χ4v) is 4.46. The van der Waals surface area contributed by atoms with Gasteiger partial charge in [-0.2, -0.15) is 0 Å². The molecule has 3 aliphatic rings. The fourth-order valence-electron chi connectivity index (χ4n) is 4.08. The number of carbonyl (C=O) groups is 3. The second-order valence-electron chi connectivity index (χ2n) is 7.69. The van der Waals surface area contributed by atoms with Gasteiger partial charge in [-0.15, -0.1) is 0 Å². The first kappa shape index (κ1) is 25.0. The number of carbonyl (C=O) groups excluding carboxylic acids is 3. The lowest BCUT2D eigenvalue weighted by atomic mass is 9.90. The van der Waals surface area contributed by atoms with E-state index in [-0.39, 0.29) is 0 Å². The molecule has 3 heterocycles. The average molecular weight is 481 g/mol. The first-order valence-electron chi connectivity index (χ1n) is 10.1. The summed E-state index contributed by atoms with van der Waals surface area (Å²) in [6.07, 6.45) is -10.1. The van der Waals surface area contributed by atoms with Crippen LogP contribution in [-0.4, -0.2) is 96.8 Å². The average Bonchev–Trinajstić information content (AvgIpc) is 3.13. The normalized spacial score (nSPS) is 41.2. The third-order valence-corrected chi connectivity index (χ3v) is 5.81. The van der Waals surface area contributed by atoms with E-state index >= 15 is 0 Å². The van der Waals surface area contributed by atoms with Gasteiger partial charge >= 0.3 is 18.1 Å². The Morgan fingerprint density at radius 2 is 1.56 bits per heavy atom. The van der Waals surface area contributed by atoms with E-state index in [1.54, 1.807) is 6.92 Å². The van der Waals surface area contributed by atoms with E-state index in [0.29, 0.717) is 0 Å². The van der Waals surface area contributed by atoms with Gasteiger partial charge in [-0.3, -0.25) is 14.7 Å². The molecule has 0 aromatic carbocycles. The summed E-state index contributed by atoms with van der Waals surface area (Å²) in [6, 6.07) is 0. The molecule has 0 amide bonds. The Morgan fingerprint density at radius 3 is 2.12 bits per heavy atom. The number of rotatable bonds is 7. The molecule has 3 rings (SSSR count). The van der Waals surface area contributed by atoms with Crippen LogP contribution < -0.4 is 5.09 Å². The van der Waals surface area contributed by atoms with E-state index in [9.17, 15) is 24.6 Å². The second-order valence-corrected chi connectivity index (χ2v) is 8.03. The van der Waals surface area contributed by atoms with Crippen LogP contribution in [0, 0.1) is 5.92 Å². The maximum Gasteiger partial charge on any atom is 0.509 e. The summed E-state index contributed by atoms with van der Waals surface area (Å²) in [5.41, 5.74) is 0. The maximum atomic E-state index is 11.7. The summed E-state index contributed by atoms with van der Waals surface area (Å²) in [6.45, 7) is 3.12. The molecule has 0 spiro atoms. The first-order chi connectivity index (χ1) is 15.2. The fraction of sp³-hybridized carbons (Fsp3) is 0.833. The van der Waals surface area contributed by atoms with Crippen molar-refractivity contribution in [1.29, 1.82) is 0 Å². The van der Waals surface area contributed by atoms with Crippen molar-refractivity contribution in [2.75, 3.05) is 13.2 Å². The van der Waals surface area contributed by atoms with Gasteiger partial charge in [0.15, 0.2) is 30.7 Å². The van der Waals surface area contributed by atoms with Crippen LogP contribution in [0.4, 0.5) is 4.79 Å². The molecule has 3 fully saturated rings. The van der Waals surface area contributed by atoms with Crippen LogP contribution in [0.5, 0.6) is 0 Å². The molecule has 0 bridgehead atoms. The summed E-state index contributed by atoms with van der Waals surface area (Å²) < 4.78 is 38.6. The number of nitrogens with one attached hydrogen (secondary N) is 1. The van der Waals surface area contributed by atoms with Crippen molar-refractivity contribution in [2.24, 2.45) is 5.92 Å². The summed E-state index contributed by atoms with van der Waals surface area (Å²) in [7, 11) is 2.30. The molecule has 0 aromatic rings. The highest BCUT2D eigenvalue weighted by Gasteiger charge is 2.58. The highest BCUT2D eigenvalue weighted by atomic mass is 31.0. The van der Waals surface area contributed by atoms with Gasteiger partial charge in [0.25, 0.3) is 0 Å². The van der Waals surface area contributed by atoms with Crippen molar-refractivity contribution < 1.29 is 57.8 Å². The predicted molar refractivity (Wildman–Crippen MR) is 105 cm³/mol. The lowest BCUT2D eigenvalue weighted by molar-refractivity contribution is -0.327. The molecule has 11 atom stereocenters. The minimum absolute atomic E-state index is 0.450. The first-order valence-corrected chi connectivity index (χ1v) is 10.6. The lowest BCUT2D eigenvalue weighted by Gasteiger charge is -2.47. The number of esters is 2. The number of hydrogen-bond donors (Lipinski definition) is 3. The number of hydrogen-bond acceptors (Lipinski definition) is 13. The van der Waals surface area contributed by atoms with Gasteiger partial charge in [-0.1, -0.05) is 16.3 Å². The zero-order valence-electron chi connectivity index (χ0n) is 17.7. The van der Waals surface area contributed by atoms with E-state index in [0.717, 1.165) is 6.92 Å². The Bertz CT molecular complexity index is 709. The van der Waals surface area contributed by atoms with Gasteiger partial charge in [0.05, 0.1) is 13.2 Å². The third kappa shape index (κ3) is 5.14. The van der Waals surface area contributed by atoms with Crippen molar-refractivity contribution in [1.82, 2.24) is 5.09 Å². The highest BCUT2D eigenvalue weighted by Crippen LogP contribution is 2.37. The minimum Gasteiger partial charge on any atom is -0.457 e. The highest BCUT2D eigenvalue weighted by molar-refractivity contribution is 7.13. The predicted octanol–water partition coefficient (Wildman–Crippen LogP) is -1.41. The summed E-state index contributed by atoms with van der Waals surface area (Å²) >= 11 is 0. The van der Waals surface area contributed by atoms with Crippen molar-refractivity contribution in [3.8, 4) is 0 Å². The molecule has 0 radical (unpaired) electrons. The second kappa shape index (κ2) is 10.6. The molecule has 32 heavy (non-hydrogen) atoms. The molecule has 0 aromatic heterocycles. The van der Waals surface area contributed by atoms with Gasteiger partial charge in [-0.25, -0.2) is 4.79 Å². The molecule has 3 N–H and O–H groups in total. The van der Waals surface area contributed by atoms with Crippen LogP contribution >= 0.6 is 9.39 Å². The molecule has 14 heteroatoms. The van der Waals surface area contributed by atoms with Crippen molar-refractivity contribution in [3.05, 3.63) is 0 Å². The number of fused-ring (bicyclic) bond motifs is 1. The largest absolute Gasteiger partial charge is 0.509 e. The zero-order chi connectivity index (χ0) is 23.6. The topological polar surface area (TPSA) is 168 Å². The number of aliphatic hydroxyl groups excluding tert-OH is 2. The van der Waals surface area contributed by atoms with Crippen LogP contribution in [0.15, 0.2) is 0 Å². The maximum absolute atomic E-state index is 11.7. The molecule has 0 aliphatic carbocycles. The van der Waals surface area contributed by atoms with Crippen LogP contribution in [0.2, 0.25) is 0 Å². The Labute approximate surface area is 186 Å².